The first-order valence-corrected chi connectivity index (χ1v) is 5.38. The minimum atomic E-state index is -0.749. The summed E-state index contributed by atoms with van der Waals surface area (Å²) in [7, 11) is 3.19. The van der Waals surface area contributed by atoms with Crippen LogP contribution in [0.15, 0.2) is 0 Å². The molecular weight excluding hydrogens is 208 g/mol. The van der Waals surface area contributed by atoms with Gasteiger partial charge in [0.15, 0.2) is 0 Å². The van der Waals surface area contributed by atoms with Crippen LogP contribution in [0.25, 0.3) is 0 Å². The molecule has 1 rings (SSSR count). The number of methoxy groups -OCH3 is 2. The zero-order valence-corrected chi connectivity index (χ0v) is 9.86. The summed E-state index contributed by atoms with van der Waals surface area (Å²) in [4.78, 5) is 13.7. The van der Waals surface area contributed by atoms with Crippen LogP contribution in [0.1, 0.15) is 12.8 Å². The molecule has 0 bridgehead atoms. The second-order valence-corrected chi connectivity index (χ2v) is 3.97. The molecular formula is C11H18N2O3. The average Bonchev–Trinajstić information content (AvgIpc) is 3.09. The molecule has 1 saturated carbocycles. The Kier molecular flexibility index (Phi) is 4.71. The van der Waals surface area contributed by atoms with Gasteiger partial charge in [-0.15, -0.1) is 0 Å². The predicted octanol–water partition coefficient (Wildman–Crippen LogP) is 0.412. The molecule has 0 saturated heterocycles. The van der Waals surface area contributed by atoms with E-state index in [1.807, 2.05) is 0 Å². The molecule has 1 amide bonds. The maximum Gasteiger partial charge on any atom is 0.243 e. The van der Waals surface area contributed by atoms with Crippen molar-refractivity contribution in [1.82, 2.24) is 4.90 Å². The van der Waals surface area contributed by atoms with Gasteiger partial charge in [0.1, 0.15) is 5.41 Å². The molecule has 5 heteroatoms. The highest BCUT2D eigenvalue weighted by atomic mass is 16.5. The average molecular weight is 226 g/mol. The molecule has 0 atom stereocenters. The number of carbonyl (C=O) groups is 1. The maximum atomic E-state index is 12.1. The lowest BCUT2D eigenvalue weighted by Crippen LogP contribution is -2.40. The molecule has 0 aromatic heterocycles. The van der Waals surface area contributed by atoms with Gasteiger partial charge in [0, 0.05) is 27.3 Å². The number of carbonyl (C=O) groups excluding carboxylic acids is 1. The van der Waals surface area contributed by atoms with Gasteiger partial charge in [-0.2, -0.15) is 5.26 Å². The fourth-order valence-electron chi connectivity index (χ4n) is 1.52. The standard InChI is InChI=1S/C11H18N2O3/c1-15-7-5-13(6-8-16-2)10(14)11(9-12)3-4-11/h3-8H2,1-2H3. The Morgan fingerprint density at radius 1 is 1.31 bits per heavy atom. The van der Waals surface area contributed by atoms with Crippen molar-refractivity contribution in [3.63, 3.8) is 0 Å². The third kappa shape index (κ3) is 2.94. The highest BCUT2D eigenvalue weighted by Gasteiger charge is 2.52. The molecule has 0 N–H and O–H groups in total. The molecule has 5 nitrogen and oxygen atoms in total. The van der Waals surface area contributed by atoms with E-state index in [-0.39, 0.29) is 5.91 Å². The number of amides is 1. The third-order valence-electron chi connectivity index (χ3n) is 2.79. The predicted molar refractivity (Wildman–Crippen MR) is 57.6 cm³/mol. The van der Waals surface area contributed by atoms with Gasteiger partial charge in [-0.1, -0.05) is 0 Å². The second kappa shape index (κ2) is 5.83. The van der Waals surface area contributed by atoms with Crippen molar-refractivity contribution in [3.8, 4) is 6.07 Å². The number of nitriles is 1. The summed E-state index contributed by atoms with van der Waals surface area (Å²) in [6, 6.07) is 2.11. The molecule has 1 aliphatic carbocycles. The lowest BCUT2D eigenvalue weighted by atomic mass is 10.1. The van der Waals surface area contributed by atoms with Crippen LogP contribution in [0.2, 0.25) is 0 Å². The van der Waals surface area contributed by atoms with E-state index in [4.69, 9.17) is 14.7 Å². The number of rotatable bonds is 7. The Hall–Kier alpha value is -1.12. The van der Waals surface area contributed by atoms with Gasteiger partial charge in [0.05, 0.1) is 19.3 Å². The van der Waals surface area contributed by atoms with Gasteiger partial charge in [-0.25, -0.2) is 0 Å². The lowest BCUT2D eigenvalue weighted by molar-refractivity contribution is -0.136. The SMILES string of the molecule is COCCN(CCOC)C(=O)C1(C#N)CC1. The zero-order chi connectivity index (χ0) is 12.0. The Morgan fingerprint density at radius 3 is 2.12 bits per heavy atom. The normalized spacial score (nSPS) is 16.6. The Balaban J connectivity index is 2.54. The summed E-state index contributed by atoms with van der Waals surface area (Å²) < 4.78 is 9.90. The monoisotopic (exact) mass is 226 g/mol. The molecule has 0 heterocycles. The Morgan fingerprint density at radius 2 is 1.81 bits per heavy atom. The zero-order valence-electron chi connectivity index (χ0n) is 9.86. The van der Waals surface area contributed by atoms with E-state index in [2.05, 4.69) is 6.07 Å². The quantitative estimate of drug-likeness (QED) is 0.631. The summed E-state index contributed by atoms with van der Waals surface area (Å²) in [6.07, 6.45) is 1.36. The van der Waals surface area contributed by atoms with Crippen molar-refractivity contribution in [3.05, 3.63) is 0 Å². The highest BCUT2D eigenvalue weighted by molar-refractivity contribution is 5.88. The minimum Gasteiger partial charge on any atom is -0.383 e. The topological polar surface area (TPSA) is 62.6 Å². The van der Waals surface area contributed by atoms with Gasteiger partial charge in [-0.3, -0.25) is 4.79 Å². The molecule has 1 fully saturated rings. The largest absolute Gasteiger partial charge is 0.383 e. The molecule has 0 aromatic carbocycles. The molecule has 0 aromatic rings. The van der Waals surface area contributed by atoms with Crippen molar-refractivity contribution in [2.75, 3.05) is 40.5 Å². The van der Waals surface area contributed by atoms with Crippen LogP contribution in [-0.2, 0) is 14.3 Å². The van der Waals surface area contributed by atoms with Crippen LogP contribution in [0.3, 0.4) is 0 Å². The number of hydrogen-bond donors (Lipinski definition) is 0. The van der Waals surface area contributed by atoms with Crippen molar-refractivity contribution < 1.29 is 14.3 Å². The fraction of sp³-hybridized carbons (Fsp3) is 0.818. The van der Waals surface area contributed by atoms with Gasteiger partial charge in [0.2, 0.25) is 5.91 Å². The van der Waals surface area contributed by atoms with Crippen LogP contribution in [0.4, 0.5) is 0 Å². The fourth-order valence-corrected chi connectivity index (χ4v) is 1.52. The van der Waals surface area contributed by atoms with Crippen LogP contribution < -0.4 is 0 Å². The van der Waals surface area contributed by atoms with E-state index >= 15 is 0 Å². The summed E-state index contributed by atoms with van der Waals surface area (Å²) in [5.41, 5.74) is -0.749. The maximum absolute atomic E-state index is 12.1. The number of nitrogens with zero attached hydrogens (tertiary/aromatic N) is 2. The summed E-state index contributed by atoms with van der Waals surface area (Å²) >= 11 is 0. The first kappa shape index (κ1) is 12.9. The van der Waals surface area contributed by atoms with Gasteiger partial charge in [0.25, 0.3) is 0 Å². The molecule has 1 aliphatic rings. The summed E-state index contributed by atoms with van der Waals surface area (Å²) in [5.74, 6) is -0.0795. The van der Waals surface area contributed by atoms with E-state index in [0.29, 0.717) is 39.1 Å². The smallest absolute Gasteiger partial charge is 0.243 e. The van der Waals surface area contributed by atoms with E-state index < -0.39 is 5.41 Å². The summed E-state index contributed by atoms with van der Waals surface area (Å²) in [6.45, 7) is 2.00. The Bertz CT molecular complexity index is 273. The summed E-state index contributed by atoms with van der Waals surface area (Å²) in [5, 5.41) is 8.97. The van der Waals surface area contributed by atoms with Crippen molar-refractivity contribution in [2.24, 2.45) is 5.41 Å². The lowest BCUT2D eigenvalue weighted by Gasteiger charge is -2.24. The van der Waals surface area contributed by atoms with Crippen molar-refractivity contribution in [2.45, 2.75) is 12.8 Å². The highest BCUT2D eigenvalue weighted by Crippen LogP contribution is 2.46. The van der Waals surface area contributed by atoms with Crippen molar-refractivity contribution >= 4 is 5.91 Å². The van der Waals surface area contributed by atoms with Gasteiger partial charge < -0.3 is 14.4 Å². The molecule has 0 spiro atoms. The van der Waals surface area contributed by atoms with E-state index in [1.54, 1.807) is 19.1 Å². The molecule has 90 valence electrons. The van der Waals surface area contributed by atoms with Crippen LogP contribution >= 0.6 is 0 Å². The molecule has 16 heavy (non-hydrogen) atoms. The van der Waals surface area contributed by atoms with Gasteiger partial charge in [-0.05, 0) is 12.8 Å². The van der Waals surface area contributed by atoms with Crippen LogP contribution in [0, 0.1) is 16.7 Å². The molecule has 0 unspecified atom stereocenters. The number of hydrogen-bond acceptors (Lipinski definition) is 4. The first-order valence-electron chi connectivity index (χ1n) is 5.38. The second-order valence-electron chi connectivity index (χ2n) is 3.97. The van der Waals surface area contributed by atoms with E-state index in [1.165, 1.54) is 0 Å². The van der Waals surface area contributed by atoms with E-state index in [0.717, 1.165) is 0 Å². The first-order chi connectivity index (χ1) is 7.70. The van der Waals surface area contributed by atoms with Crippen LogP contribution in [0.5, 0.6) is 0 Å². The van der Waals surface area contributed by atoms with Crippen LogP contribution in [-0.4, -0.2) is 51.3 Å². The molecule has 0 aliphatic heterocycles. The minimum absolute atomic E-state index is 0.0795. The van der Waals surface area contributed by atoms with Crippen molar-refractivity contribution in [1.29, 1.82) is 5.26 Å². The molecule has 0 radical (unpaired) electrons. The third-order valence-corrected chi connectivity index (χ3v) is 2.79. The van der Waals surface area contributed by atoms with E-state index in [9.17, 15) is 4.79 Å². The van der Waals surface area contributed by atoms with Gasteiger partial charge >= 0.3 is 0 Å². The number of ether oxygens (including phenoxy) is 2. The Labute approximate surface area is 95.9 Å².